The van der Waals surface area contributed by atoms with E-state index in [-0.39, 0.29) is 11.7 Å². The largest absolute Gasteiger partial charge is 0.349 e. The van der Waals surface area contributed by atoms with Crippen LogP contribution in [0.1, 0.15) is 26.2 Å². The van der Waals surface area contributed by atoms with Crippen LogP contribution < -0.4 is 16.3 Å². The topological polar surface area (TPSA) is 57.8 Å². The molecule has 18 heavy (non-hydrogen) atoms. The first-order valence-electron chi connectivity index (χ1n) is 6.68. The van der Waals surface area contributed by atoms with Crippen LogP contribution in [0.3, 0.4) is 0 Å². The molecular formula is C11H22N4O2S. The van der Waals surface area contributed by atoms with Crippen LogP contribution in [0.2, 0.25) is 0 Å². The third kappa shape index (κ3) is 2.67. The summed E-state index contributed by atoms with van der Waals surface area (Å²) < 4.78 is 11.1. The monoisotopic (exact) mass is 274 g/mol. The van der Waals surface area contributed by atoms with E-state index in [1.165, 1.54) is 6.42 Å². The van der Waals surface area contributed by atoms with Crippen LogP contribution >= 0.6 is 12.6 Å². The Hall–Kier alpha value is 0.110. The van der Waals surface area contributed by atoms with Crippen molar-refractivity contribution in [3.8, 4) is 0 Å². The molecular weight excluding hydrogens is 252 g/mol. The number of rotatable bonds is 3. The van der Waals surface area contributed by atoms with Crippen molar-refractivity contribution in [3.63, 3.8) is 0 Å². The number of nitrogens with one attached hydrogen (secondary N) is 3. The molecule has 0 aromatic rings. The Labute approximate surface area is 113 Å². The lowest BCUT2D eigenvalue weighted by molar-refractivity contribution is 0.0382. The Morgan fingerprint density at radius 3 is 2.89 bits per heavy atom. The van der Waals surface area contributed by atoms with Gasteiger partial charge in [0, 0.05) is 6.54 Å². The smallest absolute Gasteiger partial charge is 0.147 e. The van der Waals surface area contributed by atoms with E-state index >= 15 is 0 Å². The van der Waals surface area contributed by atoms with Crippen LogP contribution in [0.25, 0.3) is 0 Å². The molecule has 3 N–H and O–H groups in total. The number of hydrogen-bond donors (Lipinski definition) is 4. The Morgan fingerprint density at radius 1 is 1.28 bits per heavy atom. The number of hydrogen-bond acceptors (Lipinski definition) is 7. The van der Waals surface area contributed by atoms with Crippen molar-refractivity contribution in [1.29, 1.82) is 0 Å². The maximum Gasteiger partial charge on any atom is 0.147 e. The molecule has 1 saturated carbocycles. The van der Waals surface area contributed by atoms with Gasteiger partial charge in [-0.3, -0.25) is 5.43 Å². The first-order valence-corrected chi connectivity index (χ1v) is 7.20. The van der Waals surface area contributed by atoms with Gasteiger partial charge in [-0.15, -0.1) is 12.6 Å². The summed E-state index contributed by atoms with van der Waals surface area (Å²) in [6, 6.07) is 0. The van der Waals surface area contributed by atoms with Crippen LogP contribution in [0.4, 0.5) is 0 Å². The Balaban J connectivity index is 1.46. The molecule has 0 aromatic heterocycles. The lowest BCUT2D eigenvalue weighted by atomic mass is 9.85. The Bertz CT molecular complexity index is 286. The average molecular weight is 274 g/mol. The molecule has 0 amide bonds. The highest BCUT2D eigenvalue weighted by molar-refractivity contribution is 7.80. The summed E-state index contributed by atoms with van der Waals surface area (Å²) >= 11 is 4.45. The van der Waals surface area contributed by atoms with Gasteiger partial charge in [-0.05, 0) is 32.1 Å². The second-order valence-corrected chi connectivity index (χ2v) is 5.80. The standard InChI is InChI=1S/C11H22N4O2S/c1-7-13-14-11(18)15(7)12-5-8-2-3-9-10(4-8)17-6-16-9/h7-14,18H,2-6H2,1H3. The minimum absolute atomic E-state index is 0.0161. The molecule has 7 heteroatoms. The molecule has 5 atom stereocenters. The summed E-state index contributed by atoms with van der Waals surface area (Å²) in [4.78, 5) is 0. The molecule has 3 fully saturated rings. The predicted octanol–water partition coefficient (Wildman–Crippen LogP) is 0.00180. The van der Waals surface area contributed by atoms with E-state index in [4.69, 9.17) is 9.47 Å². The Kier molecular flexibility index (Phi) is 4.09. The van der Waals surface area contributed by atoms with Crippen molar-refractivity contribution < 1.29 is 9.47 Å². The van der Waals surface area contributed by atoms with Gasteiger partial charge >= 0.3 is 0 Å². The van der Waals surface area contributed by atoms with E-state index in [0.717, 1.165) is 19.4 Å². The first kappa shape index (κ1) is 13.1. The van der Waals surface area contributed by atoms with E-state index in [9.17, 15) is 0 Å². The molecule has 1 aliphatic carbocycles. The van der Waals surface area contributed by atoms with Gasteiger partial charge in [0.2, 0.25) is 0 Å². The molecule has 0 spiro atoms. The van der Waals surface area contributed by atoms with E-state index in [1.807, 2.05) is 0 Å². The summed E-state index contributed by atoms with van der Waals surface area (Å²) in [5.41, 5.74) is 9.70. The third-order valence-electron chi connectivity index (χ3n) is 4.07. The fourth-order valence-electron chi connectivity index (χ4n) is 2.95. The van der Waals surface area contributed by atoms with Crippen molar-refractivity contribution in [3.05, 3.63) is 0 Å². The first-order chi connectivity index (χ1) is 8.74. The van der Waals surface area contributed by atoms with Crippen molar-refractivity contribution in [1.82, 2.24) is 21.3 Å². The minimum Gasteiger partial charge on any atom is -0.349 e. The molecule has 0 aromatic carbocycles. The quantitative estimate of drug-likeness (QED) is 0.544. The second kappa shape index (κ2) is 5.62. The lowest BCUT2D eigenvalue weighted by Crippen LogP contribution is -2.48. The molecule has 104 valence electrons. The number of hydrazine groups is 2. The molecule has 2 saturated heterocycles. The lowest BCUT2D eigenvalue weighted by Gasteiger charge is -2.32. The molecule has 2 heterocycles. The van der Waals surface area contributed by atoms with Crippen molar-refractivity contribution in [2.75, 3.05) is 13.3 Å². The predicted molar refractivity (Wildman–Crippen MR) is 70.3 cm³/mol. The summed E-state index contributed by atoms with van der Waals surface area (Å²) in [6.45, 7) is 3.55. The SMILES string of the molecule is CC1NNC(S)N1NCC1CCC2OCOC2C1. The van der Waals surface area contributed by atoms with Gasteiger partial charge < -0.3 is 9.47 Å². The summed E-state index contributed by atoms with van der Waals surface area (Å²) in [7, 11) is 0. The zero-order valence-corrected chi connectivity index (χ0v) is 11.5. The molecule has 0 bridgehead atoms. The van der Waals surface area contributed by atoms with E-state index < -0.39 is 0 Å². The van der Waals surface area contributed by atoms with Crippen LogP contribution in [-0.4, -0.2) is 42.2 Å². The average Bonchev–Trinajstić information content (AvgIpc) is 2.94. The number of nitrogens with zero attached hydrogens (tertiary/aromatic N) is 1. The van der Waals surface area contributed by atoms with Gasteiger partial charge in [0.15, 0.2) is 0 Å². The third-order valence-corrected chi connectivity index (χ3v) is 4.45. The van der Waals surface area contributed by atoms with Gasteiger partial charge in [-0.25, -0.2) is 10.9 Å². The van der Waals surface area contributed by atoms with Crippen molar-refractivity contribution in [2.45, 2.75) is 50.1 Å². The highest BCUT2D eigenvalue weighted by atomic mass is 32.1. The van der Waals surface area contributed by atoms with Gasteiger partial charge in [-0.1, -0.05) is 0 Å². The van der Waals surface area contributed by atoms with Crippen LogP contribution in [-0.2, 0) is 9.47 Å². The number of ether oxygens (including phenoxy) is 2. The van der Waals surface area contributed by atoms with E-state index in [2.05, 4.69) is 40.8 Å². The summed E-state index contributed by atoms with van der Waals surface area (Å²) in [5, 5.41) is 2.10. The van der Waals surface area contributed by atoms with Gasteiger partial charge in [0.25, 0.3) is 0 Å². The number of fused-ring (bicyclic) bond motifs is 1. The maximum absolute atomic E-state index is 5.60. The zero-order chi connectivity index (χ0) is 12.5. The molecule has 5 unspecified atom stereocenters. The fourth-order valence-corrected chi connectivity index (χ4v) is 3.31. The van der Waals surface area contributed by atoms with Gasteiger partial charge in [-0.2, -0.15) is 5.01 Å². The highest BCUT2D eigenvalue weighted by Crippen LogP contribution is 2.31. The molecule has 0 radical (unpaired) electrons. The van der Waals surface area contributed by atoms with Crippen LogP contribution in [0.15, 0.2) is 0 Å². The fraction of sp³-hybridized carbons (Fsp3) is 1.00. The maximum atomic E-state index is 5.60. The van der Waals surface area contributed by atoms with Gasteiger partial charge in [0.05, 0.1) is 18.4 Å². The van der Waals surface area contributed by atoms with Crippen LogP contribution in [0.5, 0.6) is 0 Å². The Morgan fingerprint density at radius 2 is 2.11 bits per heavy atom. The zero-order valence-electron chi connectivity index (χ0n) is 10.6. The second-order valence-electron chi connectivity index (χ2n) is 5.31. The molecule has 6 nitrogen and oxygen atoms in total. The van der Waals surface area contributed by atoms with Gasteiger partial charge in [0.1, 0.15) is 12.3 Å². The molecule has 3 aliphatic rings. The van der Waals surface area contributed by atoms with Crippen molar-refractivity contribution >= 4 is 12.6 Å². The normalized spacial score (nSPS) is 45.3. The van der Waals surface area contributed by atoms with Crippen molar-refractivity contribution in [2.24, 2.45) is 5.92 Å². The van der Waals surface area contributed by atoms with Crippen LogP contribution in [0, 0.1) is 5.92 Å². The number of thiol groups is 1. The molecule has 3 rings (SSSR count). The summed E-state index contributed by atoms with van der Waals surface area (Å²) in [5.74, 6) is 0.654. The molecule has 2 aliphatic heterocycles. The van der Waals surface area contributed by atoms with E-state index in [0.29, 0.717) is 24.9 Å². The van der Waals surface area contributed by atoms with E-state index in [1.54, 1.807) is 0 Å². The highest BCUT2D eigenvalue weighted by Gasteiger charge is 2.36. The minimum atomic E-state index is 0.0161. The summed E-state index contributed by atoms with van der Waals surface area (Å²) in [6.07, 6.45) is 4.32.